The average Bonchev–Trinajstić information content (AvgIpc) is 1.83. The molecule has 0 aliphatic heterocycles. The molecule has 0 aliphatic carbocycles. The van der Waals surface area contributed by atoms with E-state index in [1.54, 1.807) is 0 Å². The molecule has 0 amide bonds. The first kappa shape index (κ1) is 21.4. The molecule has 15 heavy (non-hydrogen) atoms. The van der Waals surface area contributed by atoms with Crippen molar-refractivity contribution in [3.8, 4) is 0 Å². The zero-order valence-electron chi connectivity index (χ0n) is 9.22. The fourth-order valence-electron chi connectivity index (χ4n) is 0. The van der Waals surface area contributed by atoms with Crippen molar-refractivity contribution >= 4 is 58.3 Å². The molecule has 0 aromatic carbocycles. The van der Waals surface area contributed by atoms with Gasteiger partial charge in [-0.1, -0.05) is 46.4 Å². The Labute approximate surface area is 131 Å². The molecule has 0 radical (unpaired) electrons. The molecule has 0 fully saturated rings. The second-order valence-electron chi connectivity index (χ2n) is 2.39. The van der Waals surface area contributed by atoms with Gasteiger partial charge in [0.1, 0.15) is 0 Å². The van der Waals surface area contributed by atoms with Crippen LogP contribution in [0.15, 0.2) is 0 Å². The third kappa shape index (κ3) is 15.1. The number of alkyl halides is 4. The number of rotatable bonds is 2. The summed E-state index contributed by atoms with van der Waals surface area (Å²) in [6.07, 6.45) is 0. The van der Waals surface area contributed by atoms with Crippen LogP contribution in [0.1, 0.15) is 15.3 Å². The molecule has 0 rings (SSSR count). The summed E-state index contributed by atoms with van der Waals surface area (Å²) < 4.78 is -3.28. The largest absolute Gasteiger partial charge is 1.00 e. The minimum atomic E-state index is -1.64. The van der Waals surface area contributed by atoms with Gasteiger partial charge in [0, 0.05) is 0 Å². The molecule has 0 aromatic rings. The van der Waals surface area contributed by atoms with Crippen LogP contribution in [0.25, 0.3) is 0 Å². The molecule has 0 aromatic heterocycles. The Morgan fingerprint density at radius 2 is 1.00 bits per heavy atom. The van der Waals surface area contributed by atoms with Crippen molar-refractivity contribution < 1.29 is 50.8 Å². The molecule has 0 saturated heterocycles. The Hall–Kier alpha value is 1.10. The summed E-state index contributed by atoms with van der Waals surface area (Å²) in [4.78, 5) is 19.5. The van der Waals surface area contributed by atoms with E-state index in [4.69, 9.17) is 56.6 Å². The second kappa shape index (κ2) is 8.23. The van der Waals surface area contributed by atoms with Gasteiger partial charge in [0.2, 0.25) is 8.67 Å². The zero-order valence-corrected chi connectivity index (χ0v) is 13.2. The Bertz CT molecular complexity index is 202. The molecule has 86 valence electrons. The summed E-state index contributed by atoms with van der Waals surface area (Å²) in [7, 11) is 0. The Morgan fingerprint density at radius 1 is 0.933 bits per heavy atom. The van der Waals surface area contributed by atoms with Crippen LogP contribution in [0.2, 0.25) is 0 Å². The van der Waals surface area contributed by atoms with Crippen LogP contribution in [0.5, 0.6) is 0 Å². The SMILES string of the molecule is CC(Cl)(Cl)C(=O)O.CC(Cl)(Cl)C(=O)O.[H-].[Na+]. The van der Waals surface area contributed by atoms with Crippen molar-refractivity contribution in [1.29, 1.82) is 0 Å². The fourth-order valence-corrected chi connectivity index (χ4v) is 0. The van der Waals surface area contributed by atoms with Gasteiger partial charge in [0.25, 0.3) is 0 Å². The van der Waals surface area contributed by atoms with Crippen LogP contribution in [-0.4, -0.2) is 30.8 Å². The van der Waals surface area contributed by atoms with Crippen molar-refractivity contribution in [2.24, 2.45) is 0 Å². The summed E-state index contributed by atoms with van der Waals surface area (Å²) >= 11 is 20.1. The third-order valence-electron chi connectivity index (χ3n) is 0.751. The van der Waals surface area contributed by atoms with Gasteiger partial charge in [-0.05, 0) is 13.8 Å². The number of hydrogen-bond donors (Lipinski definition) is 2. The van der Waals surface area contributed by atoms with Crippen molar-refractivity contribution in [2.75, 3.05) is 0 Å². The first-order chi connectivity index (χ1) is 5.89. The summed E-state index contributed by atoms with van der Waals surface area (Å²) in [5.74, 6) is -2.45. The molecular weight excluding hydrogens is 301 g/mol. The van der Waals surface area contributed by atoms with Crippen molar-refractivity contribution in [3.05, 3.63) is 0 Å². The van der Waals surface area contributed by atoms with Crippen LogP contribution in [-0.2, 0) is 9.59 Å². The predicted octanol–water partition coefficient (Wildman–Crippen LogP) is -0.354. The number of halogens is 4. The molecule has 0 saturated carbocycles. The van der Waals surface area contributed by atoms with Crippen LogP contribution in [0.3, 0.4) is 0 Å². The van der Waals surface area contributed by atoms with Crippen LogP contribution < -0.4 is 29.6 Å². The summed E-state index contributed by atoms with van der Waals surface area (Å²) in [6, 6.07) is 0. The maximum Gasteiger partial charge on any atom is 1.00 e. The van der Waals surface area contributed by atoms with E-state index in [9.17, 15) is 9.59 Å². The van der Waals surface area contributed by atoms with E-state index in [2.05, 4.69) is 0 Å². The van der Waals surface area contributed by atoms with Crippen molar-refractivity contribution in [1.82, 2.24) is 0 Å². The van der Waals surface area contributed by atoms with E-state index in [0.29, 0.717) is 0 Å². The molecule has 2 N–H and O–H groups in total. The van der Waals surface area contributed by atoms with E-state index in [-0.39, 0.29) is 31.0 Å². The third-order valence-corrected chi connectivity index (χ3v) is 1.40. The molecule has 0 spiro atoms. The predicted molar refractivity (Wildman–Crippen MR) is 56.6 cm³/mol. The van der Waals surface area contributed by atoms with Crippen molar-refractivity contribution in [3.63, 3.8) is 0 Å². The summed E-state index contributed by atoms with van der Waals surface area (Å²) in [6.45, 7) is 2.39. The average molecular weight is 310 g/mol. The van der Waals surface area contributed by atoms with Gasteiger partial charge in [-0.2, -0.15) is 0 Å². The summed E-state index contributed by atoms with van der Waals surface area (Å²) in [5.41, 5.74) is 0. The number of aliphatic carboxylic acids is 2. The van der Waals surface area contributed by atoms with E-state index in [1.165, 1.54) is 13.8 Å². The molecule has 0 unspecified atom stereocenters. The van der Waals surface area contributed by atoms with Gasteiger partial charge < -0.3 is 11.6 Å². The van der Waals surface area contributed by atoms with E-state index >= 15 is 0 Å². The maximum atomic E-state index is 9.76. The van der Waals surface area contributed by atoms with E-state index < -0.39 is 20.6 Å². The number of hydrogen-bond acceptors (Lipinski definition) is 2. The molecular formula is C6H9Cl4NaO4. The van der Waals surface area contributed by atoms with Gasteiger partial charge in [0.05, 0.1) is 0 Å². The van der Waals surface area contributed by atoms with E-state index in [0.717, 1.165) is 0 Å². The van der Waals surface area contributed by atoms with Crippen LogP contribution in [0, 0.1) is 0 Å². The van der Waals surface area contributed by atoms with Gasteiger partial charge in [0.15, 0.2) is 0 Å². The molecule has 9 heteroatoms. The quantitative estimate of drug-likeness (QED) is 0.540. The van der Waals surface area contributed by atoms with Crippen LogP contribution in [0.4, 0.5) is 0 Å². The van der Waals surface area contributed by atoms with Gasteiger partial charge in [-0.3, -0.25) is 0 Å². The minimum absolute atomic E-state index is 0. The number of carboxylic acid groups (broad SMARTS) is 2. The Kier molecular flexibility index (Phi) is 11.7. The molecule has 0 bridgehead atoms. The standard InChI is InChI=1S/2C3H4Cl2O2.Na.H/c2*1-3(4,5)2(6)7;;/h2*1H3,(H,6,7);;/q;;+1;-1. The Morgan fingerprint density at radius 3 is 1.00 bits per heavy atom. The van der Waals surface area contributed by atoms with Gasteiger partial charge in [-0.25, -0.2) is 9.59 Å². The maximum absolute atomic E-state index is 9.76. The molecule has 0 aliphatic rings. The van der Waals surface area contributed by atoms with Gasteiger partial charge in [-0.15, -0.1) is 0 Å². The molecule has 4 nitrogen and oxygen atoms in total. The number of carboxylic acids is 2. The molecule has 0 atom stereocenters. The van der Waals surface area contributed by atoms with E-state index in [1.807, 2.05) is 0 Å². The first-order valence-corrected chi connectivity index (χ1v) is 4.62. The van der Waals surface area contributed by atoms with Crippen LogP contribution >= 0.6 is 46.4 Å². The smallest absolute Gasteiger partial charge is 1.00 e. The monoisotopic (exact) mass is 308 g/mol. The Balaban J connectivity index is -0.0000000800. The first-order valence-electron chi connectivity index (χ1n) is 3.11. The number of carbonyl (C=O) groups is 2. The van der Waals surface area contributed by atoms with Crippen molar-refractivity contribution in [2.45, 2.75) is 22.5 Å². The second-order valence-corrected chi connectivity index (χ2v) is 5.80. The minimum Gasteiger partial charge on any atom is -1.00 e. The summed E-state index contributed by atoms with van der Waals surface area (Å²) in [5, 5.41) is 16.0. The fraction of sp³-hybridized carbons (Fsp3) is 0.667. The normalized spacial score (nSPS) is 10.5. The van der Waals surface area contributed by atoms with Gasteiger partial charge >= 0.3 is 41.5 Å². The molecule has 0 heterocycles. The topological polar surface area (TPSA) is 74.6 Å². The zero-order chi connectivity index (χ0) is 12.2.